The van der Waals surface area contributed by atoms with E-state index in [1.165, 1.54) is 28.7 Å². The van der Waals surface area contributed by atoms with Crippen LogP contribution in [0, 0.1) is 23.7 Å². The first-order valence-electron chi connectivity index (χ1n) is 11.6. The molecule has 2 fully saturated rings. The molecule has 0 N–H and O–H groups in total. The number of hydrogen-bond donors (Lipinski definition) is 0. The van der Waals surface area contributed by atoms with E-state index in [4.69, 9.17) is 0 Å². The number of rotatable bonds is 5. The Hall–Kier alpha value is -2.67. The SMILES string of the molecule is Cc1ccc(C(CC23CCC(CC2=O)C3(C)C)(c2ccccc2)c2ccccc2)cc1. The highest BCUT2D eigenvalue weighted by atomic mass is 16.1. The Kier molecular flexibility index (Phi) is 4.70. The van der Waals surface area contributed by atoms with Gasteiger partial charge in [-0.2, -0.15) is 0 Å². The molecule has 0 spiro atoms. The molecule has 1 nitrogen and oxygen atoms in total. The van der Waals surface area contributed by atoms with E-state index in [1.807, 2.05) is 0 Å². The van der Waals surface area contributed by atoms with Crippen LogP contribution in [0.3, 0.4) is 0 Å². The van der Waals surface area contributed by atoms with Gasteiger partial charge in [0, 0.05) is 17.3 Å². The van der Waals surface area contributed by atoms with Crippen LogP contribution in [0.1, 0.15) is 61.8 Å². The van der Waals surface area contributed by atoms with E-state index in [1.54, 1.807) is 0 Å². The molecule has 0 radical (unpaired) electrons. The van der Waals surface area contributed by atoms with Gasteiger partial charge in [-0.25, -0.2) is 0 Å². The van der Waals surface area contributed by atoms with Crippen molar-refractivity contribution < 1.29 is 4.79 Å². The summed E-state index contributed by atoms with van der Waals surface area (Å²) in [6, 6.07) is 30.7. The van der Waals surface area contributed by atoms with Crippen molar-refractivity contribution in [2.24, 2.45) is 16.7 Å². The summed E-state index contributed by atoms with van der Waals surface area (Å²) in [6.07, 6.45) is 3.77. The minimum absolute atomic E-state index is 0.0313. The van der Waals surface area contributed by atoms with E-state index in [9.17, 15) is 4.79 Å². The largest absolute Gasteiger partial charge is 0.299 e. The maximum Gasteiger partial charge on any atom is 0.139 e. The van der Waals surface area contributed by atoms with Crippen LogP contribution in [0.2, 0.25) is 0 Å². The zero-order chi connectivity index (χ0) is 21.7. The second kappa shape index (κ2) is 7.19. The lowest BCUT2D eigenvalue weighted by Gasteiger charge is -2.46. The van der Waals surface area contributed by atoms with Crippen LogP contribution in [0.5, 0.6) is 0 Å². The Bertz CT molecular complexity index is 1040. The monoisotopic (exact) mass is 408 g/mol. The molecule has 2 saturated carbocycles. The van der Waals surface area contributed by atoms with Gasteiger partial charge in [-0.3, -0.25) is 4.79 Å². The van der Waals surface area contributed by atoms with Crippen LogP contribution in [0.4, 0.5) is 0 Å². The molecule has 3 aromatic rings. The lowest BCUT2D eigenvalue weighted by molar-refractivity contribution is -0.130. The molecule has 0 aromatic heterocycles. The van der Waals surface area contributed by atoms with Crippen LogP contribution in [0.25, 0.3) is 0 Å². The Morgan fingerprint density at radius 1 is 0.806 bits per heavy atom. The third-order valence-corrected chi connectivity index (χ3v) is 8.78. The number of benzene rings is 3. The van der Waals surface area contributed by atoms with Crippen molar-refractivity contribution in [3.05, 3.63) is 107 Å². The number of fused-ring (bicyclic) bond motifs is 2. The summed E-state index contributed by atoms with van der Waals surface area (Å²) in [7, 11) is 0. The third kappa shape index (κ3) is 2.86. The summed E-state index contributed by atoms with van der Waals surface area (Å²) in [4.78, 5) is 13.6. The fourth-order valence-corrected chi connectivity index (χ4v) is 6.73. The molecule has 1 heteroatoms. The molecule has 2 aliphatic rings. The van der Waals surface area contributed by atoms with Gasteiger partial charge in [0.1, 0.15) is 5.78 Å². The zero-order valence-corrected chi connectivity index (χ0v) is 18.9. The summed E-state index contributed by atoms with van der Waals surface area (Å²) < 4.78 is 0. The first-order chi connectivity index (χ1) is 14.9. The number of carbonyl (C=O) groups is 1. The molecule has 3 aromatic carbocycles. The average Bonchev–Trinajstić information content (AvgIpc) is 3.14. The van der Waals surface area contributed by atoms with E-state index in [2.05, 4.69) is 106 Å². The normalized spacial score (nSPS) is 24.5. The minimum atomic E-state index is -0.359. The average molecular weight is 409 g/mol. The smallest absolute Gasteiger partial charge is 0.139 e. The lowest BCUT2D eigenvalue weighted by atomic mass is 9.55. The summed E-state index contributed by atoms with van der Waals surface area (Å²) in [5.41, 5.74) is 4.48. The van der Waals surface area contributed by atoms with E-state index in [0.717, 1.165) is 19.3 Å². The maximum atomic E-state index is 13.6. The van der Waals surface area contributed by atoms with Gasteiger partial charge in [-0.05, 0) is 54.2 Å². The van der Waals surface area contributed by atoms with Crippen molar-refractivity contribution in [1.82, 2.24) is 0 Å². The van der Waals surface area contributed by atoms with Crippen LogP contribution in [-0.2, 0) is 10.2 Å². The lowest BCUT2D eigenvalue weighted by Crippen LogP contribution is -2.44. The van der Waals surface area contributed by atoms with Crippen molar-refractivity contribution in [2.45, 2.75) is 51.9 Å². The quantitative estimate of drug-likeness (QED) is 0.411. The molecule has 158 valence electrons. The molecule has 2 aliphatic carbocycles. The molecule has 0 aliphatic heterocycles. The Balaban J connectivity index is 1.80. The zero-order valence-electron chi connectivity index (χ0n) is 18.9. The minimum Gasteiger partial charge on any atom is -0.299 e. The van der Waals surface area contributed by atoms with Crippen LogP contribution in [0.15, 0.2) is 84.9 Å². The van der Waals surface area contributed by atoms with E-state index < -0.39 is 0 Å². The van der Waals surface area contributed by atoms with E-state index in [-0.39, 0.29) is 16.2 Å². The number of aryl methyl sites for hydroxylation is 1. The predicted octanol–water partition coefficient (Wildman–Crippen LogP) is 7.11. The van der Waals surface area contributed by atoms with Gasteiger partial charge in [-0.1, -0.05) is 104 Å². The third-order valence-electron chi connectivity index (χ3n) is 8.78. The van der Waals surface area contributed by atoms with Gasteiger partial charge in [-0.15, -0.1) is 0 Å². The summed E-state index contributed by atoms with van der Waals surface area (Å²) in [5.74, 6) is 0.999. The number of ketones is 1. The highest BCUT2D eigenvalue weighted by molar-refractivity contribution is 5.90. The standard InChI is InChI=1S/C30H32O/c1-22-14-16-25(17-15-22)30(23-10-6-4-7-11-23,24-12-8-5-9-13-24)21-29-19-18-26(20-27(29)31)28(29,2)3/h4-17,26H,18-21H2,1-3H3. The van der Waals surface area contributed by atoms with E-state index >= 15 is 0 Å². The van der Waals surface area contributed by atoms with Crippen molar-refractivity contribution in [1.29, 1.82) is 0 Å². The summed E-state index contributed by atoms with van der Waals surface area (Å²) in [6.45, 7) is 6.84. The van der Waals surface area contributed by atoms with Crippen LogP contribution < -0.4 is 0 Å². The summed E-state index contributed by atoms with van der Waals surface area (Å²) >= 11 is 0. The molecular formula is C30H32O. The topological polar surface area (TPSA) is 17.1 Å². The molecule has 2 bridgehead atoms. The van der Waals surface area contributed by atoms with Crippen LogP contribution in [-0.4, -0.2) is 5.78 Å². The molecule has 5 rings (SSSR count). The first-order valence-corrected chi connectivity index (χ1v) is 11.6. The maximum absolute atomic E-state index is 13.6. The highest BCUT2D eigenvalue weighted by Gasteiger charge is 2.66. The molecule has 2 atom stereocenters. The second-order valence-electron chi connectivity index (χ2n) is 10.3. The van der Waals surface area contributed by atoms with Crippen LogP contribution >= 0.6 is 0 Å². The number of hydrogen-bond acceptors (Lipinski definition) is 1. The first kappa shape index (κ1) is 20.2. The number of carbonyl (C=O) groups excluding carboxylic acids is 1. The summed E-state index contributed by atoms with van der Waals surface area (Å²) in [5, 5.41) is 0. The second-order valence-corrected chi connectivity index (χ2v) is 10.3. The van der Waals surface area contributed by atoms with Crippen molar-refractivity contribution in [3.8, 4) is 0 Å². The Morgan fingerprint density at radius 2 is 1.32 bits per heavy atom. The van der Waals surface area contributed by atoms with Gasteiger partial charge in [0.15, 0.2) is 0 Å². The molecule has 31 heavy (non-hydrogen) atoms. The molecule has 0 heterocycles. The van der Waals surface area contributed by atoms with Gasteiger partial charge >= 0.3 is 0 Å². The number of Topliss-reactive ketones (excluding diaryl/α,β-unsaturated/α-hetero) is 1. The van der Waals surface area contributed by atoms with Crippen molar-refractivity contribution in [3.63, 3.8) is 0 Å². The van der Waals surface area contributed by atoms with Gasteiger partial charge in [0.2, 0.25) is 0 Å². The van der Waals surface area contributed by atoms with E-state index in [0.29, 0.717) is 11.7 Å². The Morgan fingerprint density at radius 3 is 1.77 bits per heavy atom. The van der Waals surface area contributed by atoms with Gasteiger partial charge in [0.25, 0.3) is 0 Å². The molecule has 2 unspecified atom stereocenters. The fraction of sp³-hybridized carbons (Fsp3) is 0.367. The molecular weight excluding hydrogens is 376 g/mol. The Labute approximate surface area is 186 Å². The molecule has 0 saturated heterocycles. The predicted molar refractivity (Wildman–Crippen MR) is 127 cm³/mol. The molecule has 0 amide bonds. The van der Waals surface area contributed by atoms with Crippen molar-refractivity contribution >= 4 is 5.78 Å². The van der Waals surface area contributed by atoms with Gasteiger partial charge < -0.3 is 0 Å². The highest BCUT2D eigenvalue weighted by Crippen LogP contribution is 2.68. The van der Waals surface area contributed by atoms with Gasteiger partial charge in [0.05, 0.1) is 0 Å². The fourth-order valence-electron chi connectivity index (χ4n) is 6.73. The van der Waals surface area contributed by atoms with Crippen molar-refractivity contribution in [2.75, 3.05) is 0 Å².